The maximum atomic E-state index is 12.6. The zero-order valence-electron chi connectivity index (χ0n) is 13.7. The summed E-state index contributed by atoms with van der Waals surface area (Å²) in [7, 11) is 1.75. The Balaban J connectivity index is 1.73. The van der Waals surface area contributed by atoms with E-state index in [0.717, 1.165) is 11.3 Å². The second kappa shape index (κ2) is 7.77. The minimum Gasteiger partial charge on any atom is -0.336 e. The Bertz CT molecular complexity index is 870. The predicted molar refractivity (Wildman–Crippen MR) is 99.0 cm³/mol. The van der Waals surface area contributed by atoms with E-state index in [4.69, 9.17) is 11.6 Å². The molecule has 0 spiro atoms. The first-order valence-electron chi connectivity index (χ1n) is 7.77. The van der Waals surface area contributed by atoms with Crippen LogP contribution in [0.5, 0.6) is 0 Å². The van der Waals surface area contributed by atoms with E-state index in [1.165, 1.54) is 0 Å². The molecule has 0 fully saturated rings. The third-order valence-electron chi connectivity index (χ3n) is 3.56. The molecule has 1 amide bonds. The Morgan fingerprint density at radius 2 is 1.92 bits per heavy atom. The molecule has 0 radical (unpaired) electrons. The molecule has 5 nitrogen and oxygen atoms in total. The first-order chi connectivity index (χ1) is 12.1. The minimum absolute atomic E-state index is 0.166. The Kier molecular flexibility index (Phi) is 5.26. The molecule has 2 aromatic carbocycles. The van der Waals surface area contributed by atoms with Gasteiger partial charge in [-0.05, 0) is 29.8 Å². The van der Waals surface area contributed by atoms with Crippen molar-refractivity contribution in [3.63, 3.8) is 0 Å². The van der Waals surface area contributed by atoms with Gasteiger partial charge in [-0.25, -0.2) is 9.97 Å². The monoisotopic (exact) mass is 352 g/mol. The van der Waals surface area contributed by atoms with Crippen LogP contribution in [0.25, 0.3) is 0 Å². The fourth-order valence-electron chi connectivity index (χ4n) is 2.36. The van der Waals surface area contributed by atoms with Gasteiger partial charge in [-0.3, -0.25) is 4.79 Å². The lowest BCUT2D eigenvalue weighted by atomic mass is 10.2. The zero-order valence-corrected chi connectivity index (χ0v) is 14.4. The number of carbonyl (C=O) groups excluding carboxylic acids is 1. The number of carbonyl (C=O) groups is 1. The minimum atomic E-state index is -0.166. The van der Waals surface area contributed by atoms with Crippen molar-refractivity contribution in [2.45, 2.75) is 6.54 Å². The number of aromatic nitrogens is 2. The Hall–Kier alpha value is -2.92. The molecule has 1 heterocycles. The van der Waals surface area contributed by atoms with Gasteiger partial charge in [-0.15, -0.1) is 0 Å². The highest BCUT2D eigenvalue weighted by atomic mass is 35.5. The number of nitrogens with one attached hydrogen (secondary N) is 1. The van der Waals surface area contributed by atoms with Crippen LogP contribution in [0.4, 0.5) is 11.6 Å². The van der Waals surface area contributed by atoms with Gasteiger partial charge in [0.05, 0.1) is 0 Å². The molecule has 6 heteroatoms. The zero-order chi connectivity index (χ0) is 17.6. The maximum Gasteiger partial charge on any atom is 0.272 e. The number of benzene rings is 2. The summed E-state index contributed by atoms with van der Waals surface area (Å²) in [6, 6.07) is 18.6. The summed E-state index contributed by atoms with van der Waals surface area (Å²) in [6.45, 7) is 0.515. The molecule has 1 N–H and O–H groups in total. The smallest absolute Gasteiger partial charge is 0.272 e. The molecule has 126 valence electrons. The van der Waals surface area contributed by atoms with Crippen molar-refractivity contribution in [2.24, 2.45) is 0 Å². The number of amides is 1. The average Bonchev–Trinajstić information content (AvgIpc) is 2.62. The largest absolute Gasteiger partial charge is 0.336 e. The summed E-state index contributed by atoms with van der Waals surface area (Å²) >= 11 is 5.97. The lowest BCUT2D eigenvalue weighted by Gasteiger charge is -2.17. The van der Waals surface area contributed by atoms with E-state index in [1.54, 1.807) is 36.3 Å². The van der Waals surface area contributed by atoms with Crippen molar-refractivity contribution in [1.29, 1.82) is 0 Å². The molecule has 0 atom stereocenters. The molecule has 1 aromatic heterocycles. The summed E-state index contributed by atoms with van der Waals surface area (Å²) in [5, 5.41) is 3.66. The molecule has 0 saturated heterocycles. The summed E-state index contributed by atoms with van der Waals surface area (Å²) in [4.78, 5) is 22.7. The first-order valence-corrected chi connectivity index (χ1v) is 8.14. The second-order valence-corrected chi connectivity index (χ2v) is 5.98. The van der Waals surface area contributed by atoms with E-state index in [1.807, 2.05) is 42.5 Å². The molecular formula is C19H17ClN4O. The van der Waals surface area contributed by atoms with Crippen molar-refractivity contribution < 1.29 is 4.79 Å². The van der Waals surface area contributed by atoms with Crippen LogP contribution in [0.1, 0.15) is 16.1 Å². The van der Waals surface area contributed by atoms with Crippen LogP contribution in [0.2, 0.25) is 5.02 Å². The van der Waals surface area contributed by atoms with Crippen molar-refractivity contribution in [2.75, 3.05) is 12.4 Å². The standard InChI is InChI=1S/C19H17ClN4O/c1-24(13-14-6-3-2-4-7-14)18(25)17-10-11-21-19(23-17)22-16-9-5-8-15(20)12-16/h2-12H,13H2,1H3,(H,21,22,23). The van der Waals surface area contributed by atoms with Crippen molar-refractivity contribution in [3.8, 4) is 0 Å². The molecule has 3 aromatic rings. The van der Waals surface area contributed by atoms with Gasteiger partial charge in [-0.1, -0.05) is 48.0 Å². The highest BCUT2D eigenvalue weighted by Gasteiger charge is 2.14. The van der Waals surface area contributed by atoms with Crippen molar-refractivity contribution in [1.82, 2.24) is 14.9 Å². The number of halogens is 1. The van der Waals surface area contributed by atoms with E-state index in [0.29, 0.717) is 23.2 Å². The number of rotatable bonds is 5. The van der Waals surface area contributed by atoms with E-state index >= 15 is 0 Å². The van der Waals surface area contributed by atoms with Gasteiger partial charge in [0.2, 0.25) is 5.95 Å². The molecule has 25 heavy (non-hydrogen) atoms. The van der Waals surface area contributed by atoms with Gasteiger partial charge in [-0.2, -0.15) is 0 Å². The number of nitrogens with zero attached hydrogens (tertiary/aromatic N) is 3. The van der Waals surface area contributed by atoms with E-state index in [9.17, 15) is 4.79 Å². The Morgan fingerprint density at radius 1 is 1.12 bits per heavy atom. The van der Waals surface area contributed by atoms with E-state index < -0.39 is 0 Å². The third kappa shape index (κ3) is 4.55. The third-order valence-corrected chi connectivity index (χ3v) is 3.80. The fourth-order valence-corrected chi connectivity index (χ4v) is 2.55. The summed E-state index contributed by atoms with van der Waals surface area (Å²) < 4.78 is 0. The number of hydrogen-bond acceptors (Lipinski definition) is 4. The average molecular weight is 353 g/mol. The Labute approximate surface area is 151 Å². The van der Waals surface area contributed by atoms with Crippen LogP contribution in [-0.4, -0.2) is 27.8 Å². The Morgan fingerprint density at radius 3 is 2.68 bits per heavy atom. The van der Waals surface area contributed by atoms with Gasteiger partial charge in [0.25, 0.3) is 5.91 Å². The highest BCUT2D eigenvalue weighted by Crippen LogP contribution is 2.18. The van der Waals surface area contributed by atoms with Crippen LogP contribution >= 0.6 is 11.6 Å². The second-order valence-electron chi connectivity index (χ2n) is 5.55. The van der Waals surface area contributed by atoms with Crippen LogP contribution in [0, 0.1) is 0 Å². The number of hydrogen-bond donors (Lipinski definition) is 1. The van der Waals surface area contributed by atoms with Gasteiger partial charge in [0.15, 0.2) is 0 Å². The van der Waals surface area contributed by atoms with Crippen LogP contribution in [0.15, 0.2) is 66.9 Å². The lowest BCUT2D eigenvalue weighted by molar-refractivity contribution is 0.0779. The number of anilines is 2. The molecule has 3 rings (SSSR count). The van der Waals surface area contributed by atoms with E-state index in [2.05, 4.69) is 15.3 Å². The normalized spacial score (nSPS) is 10.3. The van der Waals surface area contributed by atoms with Crippen molar-refractivity contribution in [3.05, 3.63) is 83.1 Å². The van der Waals surface area contributed by atoms with Gasteiger partial charge in [0, 0.05) is 30.5 Å². The molecule has 0 aliphatic rings. The molecule has 0 aliphatic heterocycles. The van der Waals surface area contributed by atoms with Gasteiger partial charge < -0.3 is 10.2 Å². The highest BCUT2D eigenvalue weighted by molar-refractivity contribution is 6.30. The van der Waals surface area contributed by atoms with Gasteiger partial charge in [0.1, 0.15) is 5.69 Å². The first kappa shape index (κ1) is 16.9. The summed E-state index contributed by atoms with van der Waals surface area (Å²) in [6.07, 6.45) is 1.56. The van der Waals surface area contributed by atoms with Crippen molar-refractivity contribution >= 4 is 29.1 Å². The fraction of sp³-hybridized carbons (Fsp3) is 0.105. The summed E-state index contributed by atoms with van der Waals surface area (Å²) in [5.74, 6) is 0.182. The van der Waals surface area contributed by atoms with Crippen LogP contribution in [-0.2, 0) is 6.54 Å². The molecule has 0 bridgehead atoms. The maximum absolute atomic E-state index is 12.6. The quantitative estimate of drug-likeness (QED) is 0.749. The SMILES string of the molecule is CN(Cc1ccccc1)C(=O)c1ccnc(Nc2cccc(Cl)c2)n1. The molecule has 0 unspecified atom stereocenters. The molecule has 0 saturated carbocycles. The van der Waals surface area contributed by atoms with E-state index in [-0.39, 0.29) is 5.91 Å². The molecule has 0 aliphatic carbocycles. The lowest BCUT2D eigenvalue weighted by Crippen LogP contribution is -2.27. The van der Waals surface area contributed by atoms with Crippen LogP contribution in [0.3, 0.4) is 0 Å². The van der Waals surface area contributed by atoms with Gasteiger partial charge >= 0.3 is 0 Å². The molecular weight excluding hydrogens is 336 g/mol. The van der Waals surface area contributed by atoms with Crippen LogP contribution < -0.4 is 5.32 Å². The topological polar surface area (TPSA) is 58.1 Å². The summed E-state index contributed by atoms with van der Waals surface area (Å²) in [5.41, 5.74) is 2.15. The predicted octanol–water partition coefficient (Wildman–Crippen LogP) is 4.15.